The molecule has 0 atom stereocenters. The number of benzene rings is 1. The zero-order valence-electron chi connectivity index (χ0n) is 19.5. The molecule has 0 bridgehead atoms. The average molecular weight is 558 g/mol. The first-order valence-electron chi connectivity index (χ1n) is 12.0. The summed E-state index contributed by atoms with van der Waals surface area (Å²) >= 11 is 0. The number of nitrogens with zero attached hydrogens (tertiary/aromatic N) is 3. The van der Waals surface area contributed by atoms with Crippen LogP contribution in [0.2, 0.25) is 0 Å². The Kier molecular flexibility index (Phi) is 10.3. The van der Waals surface area contributed by atoms with E-state index in [1.54, 1.807) is 0 Å². The molecule has 0 spiro atoms. The Balaban J connectivity index is 0.00000289. The number of guanidine groups is 1. The van der Waals surface area contributed by atoms with Crippen LogP contribution in [-0.2, 0) is 16.0 Å². The first kappa shape index (κ1) is 25.5. The third kappa shape index (κ3) is 6.71. The smallest absolute Gasteiger partial charge is 0.191 e. The quantitative estimate of drug-likeness (QED) is 0.319. The number of hydrogen-bond donors (Lipinski definition) is 2. The van der Waals surface area contributed by atoms with Gasteiger partial charge in [0.1, 0.15) is 0 Å². The number of anilines is 1. The second-order valence-electron chi connectivity index (χ2n) is 8.93. The van der Waals surface area contributed by atoms with Gasteiger partial charge in [0.15, 0.2) is 5.96 Å². The summed E-state index contributed by atoms with van der Waals surface area (Å²) in [4.78, 5) is 9.54. The lowest BCUT2D eigenvalue weighted by molar-refractivity contribution is -0.0352. The van der Waals surface area contributed by atoms with Crippen LogP contribution in [0.25, 0.3) is 0 Å². The predicted molar refractivity (Wildman–Crippen MR) is 141 cm³/mol. The van der Waals surface area contributed by atoms with Gasteiger partial charge in [-0.1, -0.05) is 31.4 Å². The molecule has 3 aliphatic rings. The number of hydrogen-bond acceptors (Lipinski definition) is 5. The highest BCUT2D eigenvalue weighted by Gasteiger charge is 2.38. The van der Waals surface area contributed by atoms with Gasteiger partial charge in [-0.05, 0) is 30.5 Å². The minimum absolute atomic E-state index is 0. The Bertz CT molecular complexity index is 697. The molecule has 2 N–H and O–H groups in total. The van der Waals surface area contributed by atoms with Crippen LogP contribution in [0, 0.1) is 0 Å². The molecule has 180 valence electrons. The van der Waals surface area contributed by atoms with Gasteiger partial charge in [0.2, 0.25) is 0 Å². The average Bonchev–Trinajstić information content (AvgIpc) is 2.86. The SMILES string of the molecule is CN=C(NCc1ccc(N2CCOCC2)cc1)NCC1(N2CCOCC2)CCCCC1.I. The molecular formula is C24H40IN5O2. The molecule has 32 heavy (non-hydrogen) atoms. The Morgan fingerprint density at radius 2 is 1.53 bits per heavy atom. The van der Waals surface area contributed by atoms with Crippen LogP contribution in [0.3, 0.4) is 0 Å². The number of halogens is 1. The van der Waals surface area contributed by atoms with E-state index in [-0.39, 0.29) is 29.5 Å². The van der Waals surface area contributed by atoms with Gasteiger partial charge in [-0.15, -0.1) is 24.0 Å². The Labute approximate surface area is 210 Å². The van der Waals surface area contributed by atoms with Crippen molar-refractivity contribution in [3.05, 3.63) is 29.8 Å². The molecule has 2 heterocycles. The standard InChI is InChI=1S/C24H39N5O2.HI/c1-25-23(26-19-21-5-7-22(8-6-21)28-11-15-30-16-12-28)27-20-24(9-3-2-4-10-24)29-13-17-31-18-14-29;/h5-8H,2-4,9-20H2,1H3,(H2,25,26,27);1H. The summed E-state index contributed by atoms with van der Waals surface area (Å²) in [7, 11) is 1.86. The molecule has 0 aromatic heterocycles. The van der Waals surface area contributed by atoms with Crippen LogP contribution in [0.15, 0.2) is 29.3 Å². The highest BCUT2D eigenvalue weighted by atomic mass is 127. The van der Waals surface area contributed by atoms with Gasteiger partial charge in [-0.2, -0.15) is 0 Å². The highest BCUT2D eigenvalue weighted by molar-refractivity contribution is 14.0. The first-order chi connectivity index (χ1) is 15.3. The monoisotopic (exact) mass is 557 g/mol. The summed E-state index contributed by atoms with van der Waals surface area (Å²) in [5.41, 5.74) is 2.78. The lowest BCUT2D eigenvalue weighted by atomic mass is 9.80. The molecule has 0 amide bonds. The Hall–Kier alpha value is -1.10. The Morgan fingerprint density at radius 3 is 2.16 bits per heavy atom. The van der Waals surface area contributed by atoms with Crippen molar-refractivity contribution in [2.75, 3.05) is 71.1 Å². The van der Waals surface area contributed by atoms with Crippen molar-refractivity contribution in [3.8, 4) is 0 Å². The molecule has 1 saturated carbocycles. The van der Waals surface area contributed by atoms with E-state index in [0.29, 0.717) is 0 Å². The number of aliphatic imine (C=N–C) groups is 1. The van der Waals surface area contributed by atoms with Gasteiger partial charge in [0.25, 0.3) is 0 Å². The van der Waals surface area contributed by atoms with E-state index >= 15 is 0 Å². The molecule has 1 aromatic rings. The molecule has 8 heteroatoms. The van der Waals surface area contributed by atoms with Gasteiger partial charge in [-0.3, -0.25) is 9.89 Å². The third-order valence-corrected chi connectivity index (χ3v) is 7.05. The van der Waals surface area contributed by atoms with Crippen molar-refractivity contribution in [2.45, 2.75) is 44.2 Å². The number of rotatable bonds is 6. The van der Waals surface area contributed by atoms with Gasteiger partial charge < -0.3 is 25.0 Å². The zero-order chi connectivity index (χ0) is 21.4. The maximum Gasteiger partial charge on any atom is 0.191 e. The molecule has 3 fully saturated rings. The molecule has 1 aromatic carbocycles. The topological polar surface area (TPSA) is 61.4 Å². The summed E-state index contributed by atoms with van der Waals surface area (Å²) < 4.78 is 11.1. The van der Waals surface area contributed by atoms with Crippen molar-refractivity contribution in [3.63, 3.8) is 0 Å². The van der Waals surface area contributed by atoms with Crippen LogP contribution in [0.1, 0.15) is 37.7 Å². The van der Waals surface area contributed by atoms with E-state index in [4.69, 9.17) is 9.47 Å². The lowest BCUT2D eigenvalue weighted by Crippen LogP contribution is -2.60. The Morgan fingerprint density at radius 1 is 0.906 bits per heavy atom. The van der Waals surface area contributed by atoms with E-state index in [1.165, 1.54) is 43.4 Å². The van der Waals surface area contributed by atoms with Crippen LogP contribution >= 0.6 is 24.0 Å². The van der Waals surface area contributed by atoms with Crippen LogP contribution in [-0.4, -0.2) is 82.6 Å². The van der Waals surface area contributed by atoms with E-state index in [1.807, 2.05) is 7.05 Å². The van der Waals surface area contributed by atoms with Crippen molar-refractivity contribution in [1.29, 1.82) is 0 Å². The molecule has 2 saturated heterocycles. The van der Waals surface area contributed by atoms with Gasteiger partial charge in [0, 0.05) is 57.5 Å². The van der Waals surface area contributed by atoms with Gasteiger partial charge in [0.05, 0.1) is 26.4 Å². The molecule has 7 nitrogen and oxygen atoms in total. The number of nitrogens with one attached hydrogen (secondary N) is 2. The highest BCUT2D eigenvalue weighted by Crippen LogP contribution is 2.33. The minimum atomic E-state index is 0. The maximum atomic E-state index is 5.61. The fourth-order valence-electron chi connectivity index (χ4n) is 5.15. The molecule has 0 radical (unpaired) electrons. The van der Waals surface area contributed by atoms with Crippen LogP contribution < -0.4 is 15.5 Å². The molecule has 4 rings (SSSR count). The largest absolute Gasteiger partial charge is 0.379 e. The van der Waals surface area contributed by atoms with E-state index in [2.05, 4.69) is 49.7 Å². The maximum absolute atomic E-state index is 5.61. The number of morpholine rings is 2. The van der Waals surface area contributed by atoms with Gasteiger partial charge >= 0.3 is 0 Å². The van der Waals surface area contributed by atoms with Gasteiger partial charge in [-0.25, -0.2) is 0 Å². The van der Waals surface area contributed by atoms with Crippen molar-refractivity contribution >= 4 is 35.6 Å². The third-order valence-electron chi connectivity index (χ3n) is 7.05. The predicted octanol–water partition coefficient (Wildman–Crippen LogP) is 2.84. The normalized spacial score (nSPS) is 22.2. The summed E-state index contributed by atoms with van der Waals surface area (Å²) in [6.45, 7) is 9.10. The van der Waals surface area contributed by atoms with Crippen LogP contribution in [0.5, 0.6) is 0 Å². The minimum Gasteiger partial charge on any atom is -0.379 e. The molecule has 0 unspecified atom stereocenters. The molecule has 2 aliphatic heterocycles. The second-order valence-corrected chi connectivity index (χ2v) is 8.93. The summed E-state index contributed by atoms with van der Waals surface area (Å²) in [6.07, 6.45) is 6.53. The van der Waals surface area contributed by atoms with Crippen molar-refractivity contribution in [2.24, 2.45) is 4.99 Å². The molecular weight excluding hydrogens is 517 g/mol. The van der Waals surface area contributed by atoms with E-state index < -0.39 is 0 Å². The van der Waals surface area contributed by atoms with E-state index in [9.17, 15) is 0 Å². The lowest BCUT2D eigenvalue weighted by Gasteiger charge is -2.48. The fraction of sp³-hybridized carbons (Fsp3) is 0.708. The summed E-state index contributed by atoms with van der Waals surface area (Å²) in [6, 6.07) is 8.85. The summed E-state index contributed by atoms with van der Waals surface area (Å²) in [5, 5.41) is 7.15. The number of ether oxygens (including phenoxy) is 2. The second kappa shape index (κ2) is 13.0. The van der Waals surface area contributed by atoms with E-state index in [0.717, 1.165) is 71.7 Å². The van der Waals surface area contributed by atoms with Crippen molar-refractivity contribution in [1.82, 2.24) is 15.5 Å². The molecule has 1 aliphatic carbocycles. The first-order valence-corrected chi connectivity index (χ1v) is 12.0. The zero-order valence-corrected chi connectivity index (χ0v) is 21.8. The van der Waals surface area contributed by atoms with Crippen LogP contribution in [0.4, 0.5) is 5.69 Å². The summed E-state index contributed by atoms with van der Waals surface area (Å²) in [5.74, 6) is 0.885. The fourth-order valence-corrected chi connectivity index (χ4v) is 5.15. The van der Waals surface area contributed by atoms with Crippen molar-refractivity contribution < 1.29 is 9.47 Å².